The second kappa shape index (κ2) is 4.82. The van der Waals surface area contributed by atoms with Crippen molar-refractivity contribution in [1.82, 2.24) is 14.5 Å². The molecular weight excluding hydrogens is 226 g/mol. The molecule has 18 heavy (non-hydrogen) atoms. The van der Waals surface area contributed by atoms with E-state index in [1.165, 1.54) is 0 Å². The minimum atomic E-state index is 0.0631. The van der Waals surface area contributed by atoms with Gasteiger partial charge in [-0.1, -0.05) is 18.2 Å². The van der Waals surface area contributed by atoms with Gasteiger partial charge in [0.25, 0.3) is 0 Å². The van der Waals surface area contributed by atoms with Crippen molar-refractivity contribution in [2.24, 2.45) is 0 Å². The molecule has 1 aromatic carbocycles. The van der Waals surface area contributed by atoms with Gasteiger partial charge in [-0.05, 0) is 38.1 Å². The molecule has 0 amide bonds. The number of rotatable bonds is 2. The zero-order chi connectivity index (χ0) is 12.4. The maximum Gasteiger partial charge on any atom is 0.332 e. The van der Waals surface area contributed by atoms with E-state index >= 15 is 0 Å². The average molecular weight is 243 g/mol. The van der Waals surface area contributed by atoms with Gasteiger partial charge in [0.2, 0.25) is 0 Å². The maximum absolute atomic E-state index is 12.4. The van der Waals surface area contributed by atoms with Gasteiger partial charge in [-0.25, -0.2) is 4.79 Å². The lowest BCUT2D eigenvalue weighted by Crippen LogP contribution is -2.34. The van der Waals surface area contributed by atoms with Crippen LogP contribution in [0.1, 0.15) is 18.9 Å². The summed E-state index contributed by atoms with van der Waals surface area (Å²) in [5, 5.41) is 3.32. The summed E-state index contributed by atoms with van der Waals surface area (Å²) < 4.78 is 3.58. The molecule has 0 bridgehead atoms. The van der Waals surface area contributed by atoms with Gasteiger partial charge in [0.1, 0.15) is 0 Å². The molecule has 3 rings (SSSR count). The number of nitrogens with zero attached hydrogens (tertiary/aromatic N) is 2. The molecule has 1 N–H and O–H groups in total. The standard InChI is InChI=1S/C14H17N3O/c18-14-16(12-4-2-1-3-5-12)10-11-17(14)13-6-8-15-9-7-13/h1-5,10-11,13,15H,6-9H2. The molecule has 2 heterocycles. The molecule has 0 saturated carbocycles. The lowest BCUT2D eigenvalue weighted by molar-refractivity contribution is 0.360. The van der Waals surface area contributed by atoms with E-state index in [1.807, 2.05) is 47.3 Å². The van der Waals surface area contributed by atoms with Crippen LogP contribution in [0.4, 0.5) is 0 Å². The highest BCUT2D eigenvalue weighted by molar-refractivity contribution is 5.31. The van der Waals surface area contributed by atoms with E-state index in [4.69, 9.17) is 0 Å². The predicted molar refractivity (Wildman–Crippen MR) is 71.2 cm³/mol. The Balaban J connectivity index is 1.95. The molecule has 1 saturated heterocycles. The van der Waals surface area contributed by atoms with Crippen molar-refractivity contribution in [3.63, 3.8) is 0 Å². The fourth-order valence-electron chi connectivity index (χ4n) is 2.54. The highest BCUT2D eigenvalue weighted by atomic mass is 16.1. The van der Waals surface area contributed by atoms with Crippen LogP contribution in [-0.4, -0.2) is 22.2 Å². The van der Waals surface area contributed by atoms with Crippen molar-refractivity contribution in [3.8, 4) is 5.69 Å². The Bertz CT molecular complexity index is 564. The number of aromatic nitrogens is 2. The Kier molecular flexibility index (Phi) is 3.02. The minimum Gasteiger partial charge on any atom is -0.317 e. The third-order valence-electron chi connectivity index (χ3n) is 3.54. The summed E-state index contributed by atoms with van der Waals surface area (Å²) in [5.74, 6) is 0. The van der Waals surface area contributed by atoms with Gasteiger partial charge in [-0.2, -0.15) is 0 Å². The highest BCUT2D eigenvalue weighted by Crippen LogP contribution is 2.16. The van der Waals surface area contributed by atoms with Crippen molar-refractivity contribution in [2.75, 3.05) is 13.1 Å². The normalized spacial score (nSPS) is 16.9. The Morgan fingerprint density at radius 1 is 1.06 bits per heavy atom. The third kappa shape index (κ3) is 1.99. The summed E-state index contributed by atoms with van der Waals surface area (Å²) in [6, 6.07) is 10.1. The quantitative estimate of drug-likeness (QED) is 0.869. The summed E-state index contributed by atoms with van der Waals surface area (Å²) in [4.78, 5) is 12.4. The van der Waals surface area contributed by atoms with Gasteiger partial charge in [-0.3, -0.25) is 9.13 Å². The van der Waals surface area contributed by atoms with Gasteiger partial charge >= 0.3 is 5.69 Å². The molecule has 0 radical (unpaired) electrons. The fraction of sp³-hybridized carbons (Fsp3) is 0.357. The minimum absolute atomic E-state index is 0.0631. The topological polar surface area (TPSA) is 39.0 Å². The van der Waals surface area contributed by atoms with E-state index < -0.39 is 0 Å². The van der Waals surface area contributed by atoms with Gasteiger partial charge < -0.3 is 5.32 Å². The van der Waals surface area contributed by atoms with Crippen molar-refractivity contribution in [1.29, 1.82) is 0 Å². The van der Waals surface area contributed by atoms with Crippen LogP contribution in [-0.2, 0) is 0 Å². The molecule has 4 heteroatoms. The zero-order valence-electron chi connectivity index (χ0n) is 10.2. The van der Waals surface area contributed by atoms with Crippen LogP contribution in [0.15, 0.2) is 47.5 Å². The first kappa shape index (κ1) is 11.3. The lowest BCUT2D eigenvalue weighted by atomic mass is 10.1. The zero-order valence-corrected chi connectivity index (χ0v) is 10.2. The van der Waals surface area contributed by atoms with E-state index in [1.54, 1.807) is 4.57 Å². The molecule has 0 aliphatic carbocycles. The Morgan fingerprint density at radius 2 is 1.78 bits per heavy atom. The molecule has 0 atom stereocenters. The maximum atomic E-state index is 12.4. The van der Waals surface area contributed by atoms with Crippen LogP contribution in [0.5, 0.6) is 0 Å². The van der Waals surface area contributed by atoms with Gasteiger partial charge in [0.05, 0.1) is 5.69 Å². The van der Waals surface area contributed by atoms with Crippen LogP contribution < -0.4 is 11.0 Å². The molecular formula is C14H17N3O. The van der Waals surface area contributed by atoms with Crippen LogP contribution in [0.3, 0.4) is 0 Å². The Morgan fingerprint density at radius 3 is 2.50 bits per heavy atom. The fourth-order valence-corrected chi connectivity index (χ4v) is 2.54. The average Bonchev–Trinajstić information content (AvgIpc) is 2.83. The van der Waals surface area contributed by atoms with Gasteiger partial charge in [0.15, 0.2) is 0 Å². The Hall–Kier alpha value is -1.81. The summed E-state index contributed by atoms with van der Waals surface area (Å²) in [6.07, 6.45) is 5.82. The van der Waals surface area contributed by atoms with Crippen molar-refractivity contribution in [2.45, 2.75) is 18.9 Å². The van der Waals surface area contributed by atoms with Crippen LogP contribution in [0.2, 0.25) is 0 Å². The van der Waals surface area contributed by atoms with E-state index in [2.05, 4.69) is 5.32 Å². The first-order valence-electron chi connectivity index (χ1n) is 6.42. The van der Waals surface area contributed by atoms with Crippen LogP contribution in [0, 0.1) is 0 Å². The number of hydrogen-bond donors (Lipinski definition) is 1. The van der Waals surface area contributed by atoms with Crippen LogP contribution in [0.25, 0.3) is 5.69 Å². The number of piperidine rings is 1. The van der Waals surface area contributed by atoms with E-state index in [-0.39, 0.29) is 5.69 Å². The second-order valence-corrected chi connectivity index (χ2v) is 4.67. The van der Waals surface area contributed by atoms with Gasteiger partial charge in [0, 0.05) is 18.4 Å². The SMILES string of the molecule is O=c1n(-c2ccccc2)ccn1C1CCNCC1. The molecule has 94 valence electrons. The van der Waals surface area contributed by atoms with E-state index in [9.17, 15) is 4.79 Å². The summed E-state index contributed by atoms with van der Waals surface area (Å²) >= 11 is 0. The molecule has 4 nitrogen and oxygen atoms in total. The summed E-state index contributed by atoms with van der Waals surface area (Å²) in [5.41, 5.74) is 0.989. The largest absolute Gasteiger partial charge is 0.332 e. The first-order valence-corrected chi connectivity index (χ1v) is 6.42. The highest BCUT2D eigenvalue weighted by Gasteiger charge is 2.17. The third-order valence-corrected chi connectivity index (χ3v) is 3.54. The number of hydrogen-bond acceptors (Lipinski definition) is 2. The molecule has 0 unspecified atom stereocenters. The molecule has 2 aromatic rings. The molecule has 1 aliphatic rings. The second-order valence-electron chi connectivity index (χ2n) is 4.67. The molecule has 1 aromatic heterocycles. The van der Waals surface area contributed by atoms with E-state index in [0.29, 0.717) is 6.04 Å². The van der Waals surface area contributed by atoms with Crippen LogP contribution >= 0.6 is 0 Å². The molecule has 1 fully saturated rings. The van der Waals surface area contributed by atoms with Gasteiger partial charge in [-0.15, -0.1) is 0 Å². The number of para-hydroxylation sites is 1. The Labute approximate surface area is 106 Å². The lowest BCUT2D eigenvalue weighted by Gasteiger charge is -2.23. The summed E-state index contributed by atoms with van der Waals surface area (Å²) in [6.45, 7) is 1.99. The van der Waals surface area contributed by atoms with E-state index in [0.717, 1.165) is 31.6 Å². The predicted octanol–water partition coefficient (Wildman–Crippen LogP) is 1.56. The monoisotopic (exact) mass is 243 g/mol. The first-order chi connectivity index (χ1) is 8.86. The number of imidazole rings is 1. The van der Waals surface area contributed by atoms with Crippen molar-refractivity contribution in [3.05, 3.63) is 53.2 Å². The molecule has 0 spiro atoms. The summed E-state index contributed by atoms with van der Waals surface area (Å²) in [7, 11) is 0. The van der Waals surface area contributed by atoms with Crippen molar-refractivity contribution >= 4 is 0 Å². The number of benzene rings is 1. The number of nitrogens with one attached hydrogen (secondary N) is 1. The van der Waals surface area contributed by atoms with Crippen molar-refractivity contribution < 1.29 is 0 Å². The molecule has 1 aliphatic heterocycles. The smallest absolute Gasteiger partial charge is 0.317 e.